The highest BCUT2D eigenvalue weighted by atomic mass is 15.1. The molecule has 1 heterocycles. The lowest BCUT2D eigenvalue weighted by atomic mass is 9.93. The zero-order valence-corrected chi connectivity index (χ0v) is 20.5. The third-order valence-corrected chi connectivity index (χ3v) is 6.76. The molecule has 1 N–H and O–H groups in total. The summed E-state index contributed by atoms with van der Waals surface area (Å²) in [6.45, 7) is 9.27. The van der Waals surface area contributed by atoms with Crippen LogP contribution in [0.3, 0.4) is 0 Å². The van der Waals surface area contributed by atoms with Crippen molar-refractivity contribution in [2.45, 2.75) is 155 Å². The van der Waals surface area contributed by atoms with Gasteiger partial charge in [0.1, 0.15) is 12.4 Å². The number of H-pyrrole nitrogens is 1. The molecule has 1 aromatic rings. The average molecular weight is 406 g/mol. The maximum absolute atomic E-state index is 3.62. The standard InChI is InChI=1S/C27H52N2/c1-5-8-10-12-13-14-15-16-18-20-22-26(21-19-17-11-9-6-2)27-28-23-24-29(27)25(4)7-3/h23-26H,5-22H2,1-4H3/p+1. The minimum absolute atomic E-state index is 0.603. The lowest BCUT2D eigenvalue weighted by molar-refractivity contribution is -0.726. The minimum atomic E-state index is 0.603. The molecule has 0 amide bonds. The number of aromatic amines is 1. The van der Waals surface area contributed by atoms with Crippen LogP contribution in [0.5, 0.6) is 0 Å². The summed E-state index contributed by atoms with van der Waals surface area (Å²) in [5.74, 6) is 2.21. The minimum Gasteiger partial charge on any atom is -0.247 e. The second-order valence-corrected chi connectivity index (χ2v) is 9.38. The Morgan fingerprint density at radius 1 is 0.690 bits per heavy atom. The van der Waals surface area contributed by atoms with Gasteiger partial charge in [-0.2, -0.15) is 0 Å². The van der Waals surface area contributed by atoms with Gasteiger partial charge in [0.25, 0.3) is 5.82 Å². The van der Waals surface area contributed by atoms with Gasteiger partial charge in [0.2, 0.25) is 0 Å². The molecule has 1 aromatic heterocycles. The molecule has 2 unspecified atom stereocenters. The van der Waals surface area contributed by atoms with Gasteiger partial charge >= 0.3 is 0 Å². The van der Waals surface area contributed by atoms with Gasteiger partial charge in [-0.25, -0.2) is 9.55 Å². The Labute approximate surface area is 183 Å². The van der Waals surface area contributed by atoms with E-state index in [9.17, 15) is 0 Å². The van der Waals surface area contributed by atoms with Gasteiger partial charge in [-0.15, -0.1) is 0 Å². The normalized spacial score (nSPS) is 13.7. The number of rotatable bonds is 20. The smallest absolute Gasteiger partial charge is 0.247 e. The molecule has 2 atom stereocenters. The van der Waals surface area contributed by atoms with Gasteiger partial charge in [-0.3, -0.25) is 0 Å². The summed E-state index contributed by atoms with van der Waals surface area (Å²) in [5, 5.41) is 0. The number of hydrogen-bond acceptors (Lipinski definition) is 0. The van der Waals surface area contributed by atoms with Gasteiger partial charge in [-0.1, -0.05) is 117 Å². The van der Waals surface area contributed by atoms with E-state index in [-0.39, 0.29) is 0 Å². The average Bonchev–Trinajstić information content (AvgIpc) is 3.22. The highest BCUT2D eigenvalue weighted by Crippen LogP contribution is 2.27. The molecule has 0 radical (unpaired) electrons. The van der Waals surface area contributed by atoms with Crippen LogP contribution in [-0.2, 0) is 0 Å². The van der Waals surface area contributed by atoms with E-state index >= 15 is 0 Å². The monoisotopic (exact) mass is 405 g/mol. The summed E-state index contributed by atoms with van der Waals surface area (Å²) in [4.78, 5) is 3.62. The molecule has 2 nitrogen and oxygen atoms in total. The molecular weight excluding hydrogens is 352 g/mol. The van der Waals surface area contributed by atoms with Crippen LogP contribution >= 0.6 is 0 Å². The highest BCUT2D eigenvalue weighted by molar-refractivity contribution is 4.90. The topological polar surface area (TPSA) is 19.7 Å². The largest absolute Gasteiger partial charge is 0.257 e. The first-order valence-electron chi connectivity index (χ1n) is 13.3. The van der Waals surface area contributed by atoms with Crippen molar-refractivity contribution in [2.24, 2.45) is 0 Å². The van der Waals surface area contributed by atoms with E-state index in [4.69, 9.17) is 0 Å². The van der Waals surface area contributed by atoms with Crippen molar-refractivity contribution in [1.82, 2.24) is 4.98 Å². The van der Waals surface area contributed by atoms with Crippen LogP contribution in [0.2, 0.25) is 0 Å². The molecule has 0 aliphatic rings. The second kappa shape index (κ2) is 18.0. The zero-order chi connectivity index (χ0) is 21.2. The molecule has 0 spiro atoms. The molecule has 29 heavy (non-hydrogen) atoms. The van der Waals surface area contributed by atoms with Crippen LogP contribution in [0, 0.1) is 0 Å². The first-order chi connectivity index (χ1) is 14.2. The number of imidazole rings is 1. The molecule has 0 saturated heterocycles. The summed E-state index contributed by atoms with van der Waals surface area (Å²) in [7, 11) is 0. The quantitative estimate of drug-likeness (QED) is 0.165. The van der Waals surface area contributed by atoms with Gasteiger partial charge in [0.05, 0.1) is 12.0 Å². The van der Waals surface area contributed by atoms with Gasteiger partial charge in [0, 0.05) is 0 Å². The first-order valence-corrected chi connectivity index (χ1v) is 13.3. The Hall–Kier alpha value is -0.790. The van der Waals surface area contributed by atoms with Gasteiger partial charge in [0.15, 0.2) is 0 Å². The molecular formula is C27H53N2+. The lowest BCUT2D eigenvalue weighted by Crippen LogP contribution is -2.40. The maximum atomic E-state index is 3.62. The lowest BCUT2D eigenvalue weighted by Gasteiger charge is -2.16. The molecule has 0 bridgehead atoms. The number of hydrogen-bond donors (Lipinski definition) is 1. The van der Waals surface area contributed by atoms with E-state index in [2.05, 4.69) is 49.6 Å². The van der Waals surface area contributed by atoms with Crippen LogP contribution in [-0.4, -0.2) is 4.98 Å². The molecule has 0 aliphatic heterocycles. The third-order valence-electron chi connectivity index (χ3n) is 6.76. The summed E-state index contributed by atoms with van der Waals surface area (Å²) < 4.78 is 2.52. The van der Waals surface area contributed by atoms with Crippen LogP contribution < -0.4 is 4.57 Å². The molecule has 170 valence electrons. The first kappa shape index (κ1) is 26.2. The van der Waals surface area contributed by atoms with E-state index in [1.54, 1.807) is 0 Å². The van der Waals surface area contributed by atoms with Crippen molar-refractivity contribution in [3.63, 3.8) is 0 Å². The maximum Gasteiger partial charge on any atom is 0.257 e. The number of nitrogens with one attached hydrogen (secondary N) is 1. The van der Waals surface area contributed by atoms with E-state index in [0.29, 0.717) is 6.04 Å². The fraction of sp³-hybridized carbons (Fsp3) is 0.889. The van der Waals surface area contributed by atoms with Crippen LogP contribution in [0.25, 0.3) is 0 Å². The van der Waals surface area contributed by atoms with E-state index < -0.39 is 0 Å². The Kier molecular flexibility index (Phi) is 16.3. The Morgan fingerprint density at radius 3 is 1.59 bits per heavy atom. The number of nitrogens with zero attached hydrogens (tertiary/aromatic N) is 1. The molecule has 0 aliphatic carbocycles. The predicted octanol–water partition coefficient (Wildman–Crippen LogP) is 9.03. The van der Waals surface area contributed by atoms with Crippen LogP contribution in [0.15, 0.2) is 12.4 Å². The summed E-state index contributed by atoms with van der Waals surface area (Å²) in [5.41, 5.74) is 0. The predicted molar refractivity (Wildman–Crippen MR) is 129 cm³/mol. The molecule has 0 aromatic carbocycles. The highest BCUT2D eigenvalue weighted by Gasteiger charge is 2.24. The van der Waals surface area contributed by atoms with Crippen molar-refractivity contribution in [3.05, 3.63) is 18.2 Å². The van der Waals surface area contributed by atoms with E-state index in [1.165, 1.54) is 121 Å². The van der Waals surface area contributed by atoms with Crippen LogP contribution in [0.4, 0.5) is 0 Å². The van der Waals surface area contributed by atoms with Gasteiger partial charge < -0.3 is 0 Å². The number of aromatic nitrogens is 2. The number of unbranched alkanes of at least 4 members (excludes halogenated alkanes) is 13. The van der Waals surface area contributed by atoms with Crippen molar-refractivity contribution < 1.29 is 4.57 Å². The summed E-state index contributed by atoms with van der Waals surface area (Å²) in [6, 6.07) is 0.603. The van der Waals surface area contributed by atoms with Gasteiger partial charge in [-0.05, 0) is 26.2 Å². The van der Waals surface area contributed by atoms with Crippen molar-refractivity contribution in [3.8, 4) is 0 Å². The Balaban J connectivity index is 2.36. The van der Waals surface area contributed by atoms with Crippen molar-refractivity contribution in [2.75, 3.05) is 0 Å². The van der Waals surface area contributed by atoms with E-state index in [1.807, 2.05) is 0 Å². The molecule has 0 fully saturated rings. The zero-order valence-electron chi connectivity index (χ0n) is 20.5. The Bertz CT molecular complexity index is 465. The third kappa shape index (κ3) is 11.8. The fourth-order valence-electron chi connectivity index (χ4n) is 4.56. The van der Waals surface area contributed by atoms with E-state index in [0.717, 1.165) is 5.92 Å². The van der Waals surface area contributed by atoms with Crippen LogP contribution in [0.1, 0.15) is 161 Å². The van der Waals surface area contributed by atoms with Crippen molar-refractivity contribution >= 4 is 0 Å². The molecule has 0 saturated carbocycles. The Morgan fingerprint density at radius 2 is 1.14 bits per heavy atom. The molecule has 1 rings (SSSR count). The summed E-state index contributed by atoms with van der Waals surface area (Å²) >= 11 is 0. The fourth-order valence-corrected chi connectivity index (χ4v) is 4.56. The molecule has 2 heteroatoms. The summed E-state index contributed by atoms with van der Waals surface area (Å²) in [6.07, 6.45) is 29.6. The SMILES string of the molecule is CCCCCCCCCCCCC(CCCCCCC)c1[nH]cc[n+]1C(C)CC. The van der Waals surface area contributed by atoms with Crippen molar-refractivity contribution in [1.29, 1.82) is 0 Å². The second-order valence-electron chi connectivity index (χ2n) is 9.38.